The fraction of sp³-hybridized carbons (Fsp3) is 0.261. The Kier molecular flexibility index (Phi) is 4.13. The summed E-state index contributed by atoms with van der Waals surface area (Å²) in [6.07, 6.45) is 5.14. The van der Waals surface area contributed by atoms with Crippen LogP contribution in [0.25, 0.3) is 11.0 Å². The Morgan fingerprint density at radius 3 is 2.73 bits per heavy atom. The van der Waals surface area contributed by atoms with Crippen molar-refractivity contribution in [2.75, 3.05) is 5.32 Å². The molecule has 0 spiro atoms. The molecule has 0 saturated carbocycles. The summed E-state index contributed by atoms with van der Waals surface area (Å²) in [5.74, 6) is -0.603. The van der Waals surface area contributed by atoms with Crippen molar-refractivity contribution in [2.24, 2.45) is 0 Å². The van der Waals surface area contributed by atoms with E-state index in [1.54, 1.807) is 37.5 Å². The van der Waals surface area contributed by atoms with Crippen LogP contribution in [0.3, 0.4) is 0 Å². The van der Waals surface area contributed by atoms with Gasteiger partial charge in [0.2, 0.25) is 5.91 Å². The van der Waals surface area contributed by atoms with E-state index in [9.17, 15) is 14.4 Å². The van der Waals surface area contributed by atoms with Crippen LogP contribution < -0.4 is 16.0 Å². The summed E-state index contributed by atoms with van der Waals surface area (Å²) in [6, 6.07) is 10.6. The quantitative estimate of drug-likeness (QED) is 0.583. The minimum atomic E-state index is -1.17. The van der Waals surface area contributed by atoms with E-state index in [0.29, 0.717) is 11.3 Å². The number of hydrogen-bond donors (Lipinski definition) is 3. The van der Waals surface area contributed by atoms with E-state index < -0.39 is 17.5 Å². The number of hydrogen-bond acceptors (Lipinski definition) is 4. The van der Waals surface area contributed by atoms with Crippen LogP contribution in [0.15, 0.2) is 47.1 Å². The maximum atomic E-state index is 12.7. The molecule has 2 aromatic carbocycles. The van der Waals surface area contributed by atoms with Crippen molar-refractivity contribution in [3.05, 3.63) is 64.9 Å². The van der Waals surface area contributed by atoms with Crippen molar-refractivity contribution in [1.82, 2.24) is 10.6 Å². The number of furan rings is 1. The Bertz CT molecular complexity index is 1210. The van der Waals surface area contributed by atoms with Crippen molar-refractivity contribution < 1.29 is 18.8 Å². The van der Waals surface area contributed by atoms with E-state index >= 15 is 0 Å². The number of amides is 4. The number of imide groups is 1. The molecule has 7 nitrogen and oxygen atoms in total. The molecule has 3 aromatic rings. The second-order valence-electron chi connectivity index (χ2n) is 8.07. The Hall–Kier alpha value is -3.61. The van der Waals surface area contributed by atoms with Gasteiger partial charge in [-0.25, -0.2) is 4.79 Å². The Balaban J connectivity index is 1.35. The lowest BCUT2D eigenvalue weighted by Crippen LogP contribution is -2.40. The van der Waals surface area contributed by atoms with E-state index in [1.165, 1.54) is 11.1 Å². The van der Waals surface area contributed by atoms with E-state index in [1.807, 2.05) is 0 Å². The van der Waals surface area contributed by atoms with E-state index in [0.717, 1.165) is 35.8 Å². The number of urea groups is 1. The van der Waals surface area contributed by atoms with Gasteiger partial charge in [0, 0.05) is 16.6 Å². The predicted molar refractivity (Wildman–Crippen MR) is 111 cm³/mol. The molecule has 30 heavy (non-hydrogen) atoms. The normalized spacial score (nSPS) is 20.2. The number of carbonyl (C=O) groups excluding carboxylic acids is 3. The van der Waals surface area contributed by atoms with Gasteiger partial charge in [-0.05, 0) is 67.1 Å². The van der Waals surface area contributed by atoms with Gasteiger partial charge in [0.15, 0.2) is 0 Å². The average molecular weight is 403 g/mol. The fourth-order valence-corrected chi connectivity index (χ4v) is 4.32. The molecule has 3 N–H and O–H groups in total. The van der Waals surface area contributed by atoms with Crippen molar-refractivity contribution in [1.29, 1.82) is 0 Å². The molecule has 4 amide bonds. The Morgan fingerprint density at radius 2 is 1.97 bits per heavy atom. The van der Waals surface area contributed by atoms with Crippen LogP contribution in [0, 0.1) is 0 Å². The highest BCUT2D eigenvalue weighted by Gasteiger charge is 2.43. The SMILES string of the molecule is CC1(c2cccc(NC(=O)Cc3coc4cc5c(cc34)CCC5)c2)NC(=O)NC1=O. The summed E-state index contributed by atoms with van der Waals surface area (Å²) >= 11 is 0. The highest BCUT2D eigenvalue weighted by molar-refractivity contribution is 6.07. The number of aryl methyl sites for hydroxylation is 2. The lowest BCUT2D eigenvalue weighted by atomic mass is 9.92. The van der Waals surface area contributed by atoms with Gasteiger partial charge in [0.25, 0.3) is 5.91 Å². The number of anilines is 1. The molecule has 152 valence electrons. The van der Waals surface area contributed by atoms with Crippen molar-refractivity contribution in [2.45, 2.75) is 38.1 Å². The molecule has 0 radical (unpaired) electrons. The van der Waals surface area contributed by atoms with Gasteiger partial charge < -0.3 is 15.1 Å². The zero-order chi connectivity index (χ0) is 20.9. The average Bonchev–Trinajstić information content (AvgIpc) is 3.39. The minimum Gasteiger partial charge on any atom is -0.464 e. The molecule has 2 heterocycles. The Morgan fingerprint density at radius 1 is 1.17 bits per heavy atom. The zero-order valence-electron chi connectivity index (χ0n) is 16.5. The second-order valence-corrected chi connectivity index (χ2v) is 8.07. The van der Waals surface area contributed by atoms with Crippen LogP contribution in [0.4, 0.5) is 10.5 Å². The van der Waals surface area contributed by atoms with Crippen molar-refractivity contribution >= 4 is 34.5 Å². The summed E-state index contributed by atoms with van der Waals surface area (Å²) in [6.45, 7) is 1.63. The summed E-state index contributed by atoms with van der Waals surface area (Å²) in [4.78, 5) is 36.4. The third kappa shape index (κ3) is 3.03. The highest BCUT2D eigenvalue weighted by Crippen LogP contribution is 2.31. The van der Waals surface area contributed by atoms with Gasteiger partial charge in [0.05, 0.1) is 12.7 Å². The van der Waals surface area contributed by atoms with Gasteiger partial charge in [-0.2, -0.15) is 0 Å². The van der Waals surface area contributed by atoms with E-state index in [-0.39, 0.29) is 12.3 Å². The van der Waals surface area contributed by atoms with Crippen LogP contribution >= 0.6 is 0 Å². The molecule has 5 rings (SSSR count). The van der Waals surface area contributed by atoms with E-state index in [4.69, 9.17) is 4.42 Å². The first-order valence-corrected chi connectivity index (χ1v) is 9.98. The monoisotopic (exact) mass is 403 g/mol. The van der Waals surface area contributed by atoms with Gasteiger partial charge in [-0.15, -0.1) is 0 Å². The maximum Gasteiger partial charge on any atom is 0.322 e. The van der Waals surface area contributed by atoms with Crippen molar-refractivity contribution in [3.63, 3.8) is 0 Å². The second kappa shape index (κ2) is 6.73. The number of benzene rings is 2. The highest BCUT2D eigenvalue weighted by atomic mass is 16.3. The molecule has 2 aliphatic rings. The molecule has 1 saturated heterocycles. The lowest BCUT2D eigenvalue weighted by molar-refractivity contribution is -0.123. The lowest BCUT2D eigenvalue weighted by Gasteiger charge is -2.21. The molecule has 7 heteroatoms. The standard InChI is InChI=1S/C23H21N3O4/c1-23(21(28)25-22(29)26-23)16-6-3-7-17(11-16)24-20(27)10-15-12-30-19-9-14-5-2-4-13(14)8-18(15)19/h3,6-9,11-12H,2,4-5,10H2,1H3,(H,24,27)(H2,25,26,28,29). The van der Waals surface area contributed by atoms with Gasteiger partial charge in [-0.1, -0.05) is 12.1 Å². The number of nitrogens with one attached hydrogen (secondary N) is 3. The number of carbonyl (C=O) groups is 3. The largest absolute Gasteiger partial charge is 0.464 e. The summed E-state index contributed by atoms with van der Waals surface area (Å²) in [5.41, 5.74) is 4.32. The van der Waals surface area contributed by atoms with Gasteiger partial charge >= 0.3 is 6.03 Å². The van der Waals surface area contributed by atoms with Crippen LogP contribution in [0.1, 0.15) is 35.6 Å². The topological polar surface area (TPSA) is 100 Å². The smallest absolute Gasteiger partial charge is 0.322 e. The molecule has 0 bridgehead atoms. The third-order valence-electron chi connectivity index (χ3n) is 5.99. The van der Waals surface area contributed by atoms with Crippen LogP contribution in [0.5, 0.6) is 0 Å². The van der Waals surface area contributed by atoms with Crippen LogP contribution in [-0.2, 0) is 34.4 Å². The van der Waals surface area contributed by atoms with Crippen molar-refractivity contribution in [3.8, 4) is 0 Å². The summed E-state index contributed by atoms with van der Waals surface area (Å²) in [7, 11) is 0. The van der Waals surface area contributed by atoms with Gasteiger partial charge in [0.1, 0.15) is 11.1 Å². The molecule has 1 aromatic heterocycles. The molecule has 1 aliphatic carbocycles. The fourth-order valence-electron chi connectivity index (χ4n) is 4.32. The number of fused-ring (bicyclic) bond motifs is 2. The molecular weight excluding hydrogens is 382 g/mol. The molecule has 1 atom stereocenters. The van der Waals surface area contributed by atoms with Crippen LogP contribution in [0.2, 0.25) is 0 Å². The first kappa shape index (κ1) is 18.4. The van der Waals surface area contributed by atoms with E-state index in [2.05, 4.69) is 28.1 Å². The van der Waals surface area contributed by atoms with Gasteiger partial charge in [-0.3, -0.25) is 14.9 Å². The third-order valence-corrected chi connectivity index (χ3v) is 5.99. The first-order chi connectivity index (χ1) is 14.4. The van der Waals surface area contributed by atoms with Crippen LogP contribution in [-0.4, -0.2) is 17.8 Å². The molecule has 1 fully saturated rings. The predicted octanol–water partition coefficient (Wildman–Crippen LogP) is 3.16. The maximum absolute atomic E-state index is 12.7. The summed E-state index contributed by atoms with van der Waals surface area (Å²) < 4.78 is 5.68. The number of rotatable bonds is 4. The zero-order valence-corrected chi connectivity index (χ0v) is 16.5. The Labute approximate surface area is 172 Å². The minimum absolute atomic E-state index is 0.180. The molecule has 1 unspecified atom stereocenters. The summed E-state index contributed by atoms with van der Waals surface area (Å²) in [5, 5.41) is 8.74. The molecule has 1 aliphatic heterocycles. The first-order valence-electron chi connectivity index (χ1n) is 9.98. The molecular formula is C23H21N3O4.